The number of rotatable bonds is 6. The Labute approximate surface area is 230 Å². The molecule has 0 bridgehead atoms. The molecule has 0 aromatic heterocycles. The first-order valence-electron chi connectivity index (χ1n) is 13.8. The third-order valence-electron chi connectivity index (χ3n) is 8.08. The number of benzene rings is 4. The molecule has 0 saturated heterocycles. The van der Waals surface area contributed by atoms with E-state index in [2.05, 4.69) is 93.4 Å². The fraction of sp³-hybridized carbons (Fsp3) is 0.265. The molecular weight excluding hydrogens is 484 g/mol. The highest BCUT2D eigenvalue weighted by Gasteiger charge is 2.53. The third-order valence-corrected chi connectivity index (χ3v) is 8.08. The number of esters is 1. The van der Waals surface area contributed by atoms with Crippen LogP contribution < -0.4 is 15.0 Å². The van der Waals surface area contributed by atoms with Crippen molar-refractivity contribution in [3.63, 3.8) is 0 Å². The van der Waals surface area contributed by atoms with Gasteiger partial charge in [-0.3, -0.25) is 0 Å². The molecule has 1 unspecified atom stereocenters. The van der Waals surface area contributed by atoms with E-state index in [1.807, 2.05) is 24.3 Å². The highest BCUT2D eigenvalue weighted by Crippen LogP contribution is 2.57. The predicted octanol–water partition coefficient (Wildman–Crippen LogP) is 8.02. The van der Waals surface area contributed by atoms with Crippen LogP contribution in [0.1, 0.15) is 64.5 Å². The molecule has 2 aliphatic rings. The lowest BCUT2D eigenvalue weighted by atomic mass is 9.77. The molecule has 0 radical (unpaired) electrons. The second kappa shape index (κ2) is 9.49. The van der Waals surface area contributed by atoms with Gasteiger partial charge in [-0.05, 0) is 81.6 Å². The van der Waals surface area contributed by atoms with Crippen LogP contribution in [-0.4, -0.2) is 19.1 Å². The Morgan fingerprint density at radius 2 is 1.56 bits per heavy atom. The van der Waals surface area contributed by atoms with E-state index >= 15 is 0 Å². The van der Waals surface area contributed by atoms with Gasteiger partial charge in [0, 0.05) is 52.9 Å². The van der Waals surface area contributed by atoms with Gasteiger partial charge in [0.05, 0.1) is 5.56 Å². The molecule has 2 heterocycles. The minimum atomic E-state index is -1.09. The molecular formula is C34H34N2O3. The SMILES string of the molecule is CCc1cc2c(cc1Nc1ccc(C)cc1C)C1(OC(=O)c3ccccc31)c1ccc(N(CC)CC)cc1O2. The van der Waals surface area contributed by atoms with Gasteiger partial charge < -0.3 is 19.7 Å². The molecule has 5 nitrogen and oxygen atoms in total. The number of fused-ring (bicyclic) bond motifs is 6. The summed E-state index contributed by atoms with van der Waals surface area (Å²) < 4.78 is 13.1. The topological polar surface area (TPSA) is 50.8 Å². The molecule has 6 rings (SSSR count). The average molecular weight is 519 g/mol. The van der Waals surface area contributed by atoms with Crippen LogP contribution in [-0.2, 0) is 16.8 Å². The van der Waals surface area contributed by atoms with Crippen LogP contribution in [0.2, 0.25) is 0 Å². The van der Waals surface area contributed by atoms with E-state index in [-0.39, 0.29) is 5.97 Å². The maximum atomic E-state index is 13.3. The van der Waals surface area contributed by atoms with Crippen molar-refractivity contribution >= 4 is 23.0 Å². The van der Waals surface area contributed by atoms with Gasteiger partial charge in [0.1, 0.15) is 11.5 Å². The Kier molecular flexibility index (Phi) is 6.10. The molecule has 0 aliphatic carbocycles. The third kappa shape index (κ3) is 3.87. The van der Waals surface area contributed by atoms with Gasteiger partial charge in [0.2, 0.25) is 0 Å². The summed E-state index contributed by atoms with van der Waals surface area (Å²) in [5, 5.41) is 3.67. The first kappa shape index (κ1) is 25.1. The lowest BCUT2D eigenvalue weighted by Crippen LogP contribution is -2.33. The maximum absolute atomic E-state index is 13.3. The van der Waals surface area contributed by atoms with Gasteiger partial charge in [-0.1, -0.05) is 42.8 Å². The number of carbonyl (C=O) groups is 1. The molecule has 4 aromatic rings. The van der Waals surface area contributed by atoms with Crippen LogP contribution in [0.15, 0.2) is 72.8 Å². The molecule has 1 N–H and O–H groups in total. The van der Waals surface area contributed by atoms with Gasteiger partial charge in [0.15, 0.2) is 5.60 Å². The summed E-state index contributed by atoms with van der Waals surface area (Å²) in [5.41, 5.74) is 8.65. The number of carbonyl (C=O) groups excluding carboxylic acids is 1. The first-order chi connectivity index (χ1) is 18.9. The molecule has 2 aliphatic heterocycles. The predicted molar refractivity (Wildman–Crippen MR) is 157 cm³/mol. The largest absolute Gasteiger partial charge is 0.456 e. The summed E-state index contributed by atoms with van der Waals surface area (Å²) in [6, 6.07) is 24.6. The van der Waals surface area contributed by atoms with Gasteiger partial charge >= 0.3 is 5.97 Å². The van der Waals surface area contributed by atoms with Crippen LogP contribution in [0, 0.1) is 13.8 Å². The lowest BCUT2D eigenvalue weighted by Gasteiger charge is -2.38. The molecule has 5 heteroatoms. The van der Waals surface area contributed by atoms with Gasteiger partial charge in [-0.25, -0.2) is 4.79 Å². The van der Waals surface area contributed by atoms with Crippen molar-refractivity contribution in [3.8, 4) is 11.5 Å². The standard InChI is InChI=1S/C34H34N2O3/c1-6-23-18-31-28(20-30(23)35-29-16-13-21(4)17-22(29)5)34(26-12-10-9-11-25(26)33(37)39-34)27-15-14-24(19-32(27)38-31)36(7-2)8-3/h9-20,35H,6-8H2,1-5H3. The highest BCUT2D eigenvalue weighted by molar-refractivity contribution is 5.97. The van der Waals surface area contributed by atoms with Crippen molar-refractivity contribution in [3.05, 3.63) is 112 Å². The van der Waals surface area contributed by atoms with Crippen molar-refractivity contribution < 1.29 is 14.3 Å². The molecule has 0 fully saturated rings. The van der Waals surface area contributed by atoms with Crippen LogP contribution in [0.3, 0.4) is 0 Å². The number of ether oxygens (including phenoxy) is 2. The van der Waals surface area contributed by atoms with Gasteiger partial charge in [-0.15, -0.1) is 0 Å². The number of aryl methyl sites for hydroxylation is 3. The smallest absolute Gasteiger partial charge is 0.340 e. The van der Waals surface area contributed by atoms with Crippen molar-refractivity contribution in [2.75, 3.05) is 23.3 Å². The second-order valence-electron chi connectivity index (χ2n) is 10.4. The van der Waals surface area contributed by atoms with Crippen LogP contribution in [0.4, 0.5) is 17.1 Å². The molecule has 198 valence electrons. The van der Waals surface area contributed by atoms with E-state index in [1.165, 1.54) is 11.1 Å². The maximum Gasteiger partial charge on any atom is 0.340 e. The van der Waals surface area contributed by atoms with Gasteiger partial charge in [-0.2, -0.15) is 0 Å². The van der Waals surface area contributed by atoms with Crippen LogP contribution in [0.25, 0.3) is 0 Å². The van der Waals surface area contributed by atoms with Crippen molar-refractivity contribution in [1.82, 2.24) is 0 Å². The molecule has 39 heavy (non-hydrogen) atoms. The van der Waals surface area contributed by atoms with Crippen LogP contribution >= 0.6 is 0 Å². The van der Waals surface area contributed by atoms with Crippen molar-refractivity contribution in [2.45, 2.75) is 46.6 Å². The monoisotopic (exact) mass is 518 g/mol. The number of anilines is 3. The van der Waals surface area contributed by atoms with Crippen molar-refractivity contribution in [1.29, 1.82) is 0 Å². The molecule has 0 saturated carbocycles. The number of nitrogens with zero attached hydrogens (tertiary/aromatic N) is 1. The summed E-state index contributed by atoms with van der Waals surface area (Å²) >= 11 is 0. The average Bonchev–Trinajstić information content (AvgIpc) is 3.23. The van der Waals surface area contributed by atoms with Gasteiger partial charge in [0.25, 0.3) is 0 Å². The summed E-state index contributed by atoms with van der Waals surface area (Å²) in [7, 11) is 0. The lowest BCUT2D eigenvalue weighted by molar-refractivity contribution is 0.0224. The fourth-order valence-electron chi connectivity index (χ4n) is 6.04. The zero-order valence-electron chi connectivity index (χ0n) is 23.2. The van der Waals surface area contributed by atoms with Crippen LogP contribution in [0.5, 0.6) is 11.5 Å². The van der Waals surface area contributed by atoms with E-state index < -0.39 is 5.60 Å². The normalized spacial score (nSPS) is 16.7. The summed E-state index contributed by atoms with van der Waals surface area (Å²) in [6.07, 6.45) is 0.819. The summed E-state index contributed by atoms with van der Waals surface area (Å²) in [5.74, 6) is 1.11. The minimum absolute atomic E-state index is 0.319. The summed E-state index contributed by atoms with van der Waals surface area (Å²) in [4.78, 5) is 15.6. The van der Waals surface area contributed by atoms with Crippen molar-refractivity contribution in [2.24, 2.45) is 0 Å². The Morgan fingerprint density at radius 1 is 0.795 bits per heavy atom. The Hall–Kier alpha value is -4.25. The Bertz CT molecular complexity index is 1600. The Balaban J connectivity index is 1.59. The zero-order valence-corrected chi connectivity index (χ0v) is 23.2. The van der Waals surface area contributed by atoms with E-state index in [9.17, 15) is 4.79 Å². The molecule has 0 amide bonds. The number of hydrogen-bond donors (Lipinski definition) is 1. The molecule has 1 atom stereocenters. The molecule has 1 spiro atoms. The number of nitrogens with one attached hydrogen (secondary N) is 1. The van der Waals surface area contributed by atoms with E-state index in [1.54, 1.807) is 0 Å². The minimum Gasteiger partial charge on any atom is -0.456 e. The Morgan fingerprint density at radius 3 is 2.31 bits per heavy atom. The quantitative estimate of drug-likeness (QED) is 0.262. The van der Waals surface area contributed by atoms with E-state index in [0.717, 1.165) is 58.8 Å². The fourth-order valence-corrected chi connectivity index (χ4v) is 6.04. The van der Waals surface area contributed by atoms with E-state index in [4.69, 9.17) is 9.47 Å². The molecule has 4 aromatic carbocycles. The second-order valence-corrected chi connectivity index (χ2v) is 10.4. The summed E-state index contributed by atoms with van der Waals surface area (Å²) in [6.45, 7) is 12.4. The zero-order chi connectivity index (χ0) is 27.3. The van der Waals surface area contributed by atoms with E-state index in [0.29, 0.717) is 17.1 Å². The first-order valence-corrected chi connectivity index (χ1v) is 13.8. The highest BCUT2D eigenvalue weighted by atomic mass is 16.6. The number of hydrogen-bond acceptors (Lipinski definition) is 5.